The van der Waals surface area contributed by atoms with Crippen molar-refractivity contribution in [3.63, 3.8) is 0 Å². The number of piperidine rings is 1. The smallest absolute Gasteiger partial charge is 0.223 e. The maximum atomic E-state index is 12.2. The normalized spacial score (nSPS) is 23.2. The minimum Gasteiger partial charge on any atom is -0.340 e. The number of nitrogens with zero attached hydrogens (tertiary/aromatic N) is 3. The van der Waals surface area contributed by atoms with Gasteiger partial charge in [0.05, 0.1) is 0 Å². The molecule has 0 radical (unpaired) electrons. The molecule has 20 heavy (non-hydrogen) atoms. The zero-order valence-electron chi connectivity index (χ0n) is 12.9. The Morgan fingerprint density at radius 2 is 1.75 bits per heavy atom. The Labute approximate surface area is 123 Å². The van der Waals surface area contributed by atoms with Crippen molar-refractivity contribution < 1.29 is 4.79 Å². The van der Waals surface area contributed by atoms with E-state index in [2.05, 4.69) is 16.8 Å². The molecule has 2 fully saturated rings. The van der Waals surface area contributed by atoms with Crippen molar-refractivity contribution in [2.75, 3.05) is 59.4 Å². The van der Waals surface area contributed by atoms with Gasteiger partial charge in [-0.25, -0.2) is 0 Å². The van der Waals surface area contributed by atoms with Gasteiger partial charge >= 0.3 is 0 Å². The largest absolute Gasteiger partial charge is 0.340 e. The van der Waals surface area contributed by atoms with E-state index < -0.39 is 0 Å². The zero-order chi connectivity index (χ0) is 14.4. The number of piperazine rings is 1. The lowest BCUT2D eigenvalue weighted by atomic mass is 9.93. The van der Waals surface area contributed by atoms with Crippen LogP contribution in [0.2, 0.25) is 0 Å². The number of likely N-dealkylation sites (tertiary alicyclic amines) is 1. The quantitative estimate of drug-likeness (QED) is 0.783. The highest BCUT2D eigenvalue weighted by molar-refractivity contribution is 5.76. The number of amides is 1. The molecule has 0 atom stereocenters. The molecule has 116 valence electrons. The first kappa shape index (κ1) is 15.7. The number of carbonyl (C=O) groups excluding carboxylic acids is 1. The van der Waals surface area contributed by atoms with Crippen molar-refractivity contribution >= 4 is 5.91 Å². The van der Waals surface area contributed by atoms with Gasteiger partial charge in [-0.05, 0) is 51.9 Å². The number of likely N-dealkylation sites (N-methyl/N-ethyl adjacent to an activating group) is 1. The number of rotatable bonds is 5. The van der Waals surface area contributed by atoms with E-state index >= 15 is 0 Å². The summed E-state index contributed by atoms with van der Waals surface area (Å²) in [6.07, 6.45) is 4.35. The van der Waals surface area contributed by atoms with Crippen LogP contribution >= 0.6 is 0 Å². The molecular weight excluding hydrogens is 252 g/mol. The third-order valence-corrected chi connectivity index (χ3v) is 4.78. The summed E-state index contributed by atoms with van der Waals surface area (Å²) < 4.78 is 0. The van der Waals surface area contributed by atoms with Gasteiger partial charge in [0.1, 0.15) is 0 Å². The van der Waals surface area contributed by atoms with Crippen LogP contribution in [0.3, 0.4) is 0 Å². The summed E-state index contributed by atoms with van der Waals surface area (Å²) in [4.78, 5) is 18.9. The van der Waals surface area contributed by atoms with Crippen LogP contribution in [0.5, 0.6) is 0 Å². The minimum absolute atomic E-state index is 0.335. The lowest BCUT2D eigenvalue weighted by Crippen LogP contribution is -2.48. The Hall–Kier alpha value is -0.650. The topological polar surface area (TPSA) is 52.8 Å². The predicted molar refractivity (Wildman–Crippen MR) is 81.5 cm³/mol. The zero-order valence-corrected chi connectivity index (χ0v) is 12.9. The van der Waals surface area contributed by atoms with E-state index in [1.54, 1.807) is 0 Å². The molecule has 0 unspecified atom stereocenters. The lowest BCUT2D eigenvalue weighted by molar-refractivity contribution is -0.133. The van der Waals surface area contributed by atoms with Crippen molar-refractivity contribution in [3.05, 3.63) is 0 Å². The van der Waals surface area contributed by atoms with Crippen LogP contribution in [0.15, 0.2) is 0 Å². The van der Waals surface area contributed by atoms with Crippen molar-refractivity contribution in [2.24, 2.45) is 11.7 Å². The molecule has 2 N–H and O–H groups in total. The Balaban J connectivity index is 1.62. The molecule has 2 heterocycles. The second-order valence-electron chi connectivity index (χ2n) is 6.30. The second kappa shape index (κ2) is 7.96. The lowest BCUT2D eigenvalue weighted by Gasteiger charge is -2.34. The van der Waals surface area contributed by atoms with Gasteiger partial charge in [0.2, 0.25) is 5.91 Å². The summed E-state index contributed by atoms with van der Waals surface area (Å²) in [6.45, 7) is 7.84. The number of hydrogen-bond acceptors (Lipinski definition) is 4. The van der Waals surface area contributed by atoms with Crippen LogP contribution in [0.4, 0.5) is 0 Å². The van der Waals surface area contributed by atoms with E-state index in [9.17, 15) is 4.79 Å². The summed E-state index contributed by atoms with van der Waals surface area (Å²) in [5.74, 6) is 1.15. The maximum Gasteiger partial charge on any atom is 0.223 e. The third-order valence-electron chi connectivity index (χ3n) is 4.78. The molecule has 0 aromatic rings. The molecule has 2 aliphatic heterocycles. The van der Waals surface area contributed by atoms with E-state index in [1.807, 2.05) is 4.90 Å². The van der Waals surface area contributed by atoms with E-state index in [1.165, 1.54) is 12.8 Å². The first-order valence-electron chi connectivity index (χ1n) is 8.08. The minimum atomic E-state index is 0.335. The van der Waals surface area contributed by atoms with E-state index in [4.69, 9.17) is 5.73 Å². The number of carbonyl (C=O) groups is 1. The SMILES string of the molecule is CN1CCN(C(=O)CCN2CCC(CCN)CC2)CC1. The molecule has 2 rings (SSSR count). The summed E-state index contributed by atoms with van der Waals surface area (Å²) in [7, 11) is 2.12. The van der Waals surface area contributed by atoms with Gasteiger partial charge in [0.15, 0.2) is 0 Å². The fraction of sp³-hybridized carbons (Fsp3) is 0.933. The average Bonchev–Trinajstić information content (AvgIpc) is 2.47. The Bertz CT molecular complexity index is 294. The van der Waals surface area contributed by atoms with Crippen LogP contribution < -0.4 is 5.73 Å². The first-order chi connectivity index (χ1) is 9.69. The van der Waals surface area contributed by atoms with Crippen molar-refractivity contribution in [1.82, 2.24) is 14.7 Å². The summed E-state index contributed by atoms with van der Waals surface area (Å²) in [5.41, 5.74) is 5.62. The standard InChI is InChI=1S/C15H30N4O/c1-17-10-12-19(13-11-17)15(20)5-9-18-7-3-14(2-6-16)4-8-18/h14H,2-13,16H2,1H3. The predicted octanol–water partition coefficient (Wildman–Crippen LogP) is 0.211. The van der Waals surface area contributed by atoms with Crippen LogP contribution in [-0.2, 0) is 4.79 Å². The van der Waals surface area contributed by atoms with Gasteiger partial charge in [-0.2, -0.15) is 0 Å². The molecule has 0 aromatic heterocycles. The van der Waals surface area contributed by atoms with Crippen molar-refractivity contribution in [3.8, 4) is 0 Å². The summed E-state index contributed by atoms with van der Waals surface area (Å²) in [5, 5.41) is 0. The van der Waals surface area contributed by atoms with Crippen molar-refractivity contribution in [2.45, 2.75) is 25.7 Å². The number of hydrogen-bond donors (Lipinski definition) is 1. The highest BCUT2D eigenvalue weighted by Gasteiger charge is 2.22. The molecule has 0 spiro atoms. The second-order valence-corrected chi connectivity index (χ2v) is 6.30. The Morgan fingerprint density at radius 1 is 1.10 bits per heavy atom. The van der Waals surface area contributed by atoms with Crippen LogP contribution in [0, 0.1) is 5.92 Å². The molecule has 0 aromatic carbocycles. The highest BCUT2D eigenvalue weighted by Crippen LogP contribution is 2.19. The van der Waals surface area contributed by atoms with Gasteiger partial charge in [-0.1, -0.05) is 0 Å². The van der Waals surface area contributed by atoms with Gasteiger partial charge in [0, 0.05) is 39.1 Å². The van der Waals surface area contributed by atoms with Crippen LogP contribution in [0.1, 0.15) is 25.7 Å². The van der Waals surface area contributed by atoms with E-state index in [0.29, 0.717) is 12.3 Å². The molecule has 0 aliphatic carbocycles. The molecule has 2 saturated heterocycles. The Kier molecular flexibility index (Phi) is 6.26. The average molecular weight is 282 g/mol. The number of nitrogens with two attached hydrogens (primary N) is 1. The van der Waals surface area contributed by atoms with Gasteiger partial charge in [0.25, 0.3) is 0 Å². The van der Waals surface area contributed by atoms with Crippen LogP contribution in [0.25, 0.3) is 0 Å². The van der Waals surface area contributed by atoms with Gasteiger partial charge in [-0.3, -0.25) is 4.79 Å². The van der Waals surface area contributed by atoms with E-state index in [-0.39, 0.29) is 0 Å². The molecule has 1 amide bonds. The third kappa shape index (κ3) is 4.72. The first-order valence-corrected chi connectivity index (χ1v) is 8.08. The maximum absolute atomic E-state index is 12.2. The fourth-order valence-electron chi connectivity index (χ4n) is 3.20. The molecular formula is C15H30N4O. The summed E-state index contributed by atoms with van der Waals surface area (Å²) in [6, 6.07) is 0. The molecule has 5 heteroatoms. The Morgan fingerprint density at radius 3 is 2.35 bits per heavy atom. The highest BCUT2D eigenvalue weighted by atomic mass is 16.2. The molecule has 5 nitrogen and oxygen atoms in total. The van der Waals surface area contributed by atoms with Gasteiger partial charge < -0.3 is 20.4 Å². The molecule has 2 aliphatic rings. The summed E-state index contributed by atoms with van der Waals surface area (Å²) >= 11 is 0. The van der Waals surface area contributed by atoms with Crippen LogP contribution in [-0.4, -0.2) is 80.0 Å². The van der Waals surface area contributed by atoms with E-state index in [0.717, 1.165) is 64.7 Å². The van der Waals surface area contributed by atoms with Gasteiger partial charge in [-0.15, -0.1) is 0 Å². The monoisotopic (exact) mass is 282 g/mol. The fourth-order valence-corrected chi connectivity index (χ4v) is 3.20. The molecule has 0 bridgehead atoms. The molecule has 0 saturated carbocycles. The van der Waals surface area contributed by atoms with Crippen molar-refractivity contribution in [1.29, 1.82) is 0 Å².